The molecule has 0 saturated carbocycles. The van der Waals surface area contributed by atoms with Gasteiger partial charge in [-0.1, -0.05) is 6.07 Å². The van der Waals surface area contributed by atoms with E-state index in [0.717, 1.165) is 31.0 Å². The zero-order chi connectivity index (χ0) is 14.7. The Morgan fingerprint density at radius 2 is 2.24 bits per heavy atom. The number of hydrogen-bond acceptors (Lipinski definition) is 5. The Morgan fingerprint density at radius 1 is 1.33 bits per heavy atom. The fraction of sp³-hybridized carbons (Fsp3) is 0.400. The lowest BCUT2D eigenvalue weighted by Crippen LogP contribution is -2.29. The van der Waals surface area contributed by atoms with Crippen molar-refractivity contribution in [1.29, 1.82) is 0 Å². The lowest BCUT2D eigenvalue weighted by atomic mass is 10.1. The minimum atomic E-state index is 0.0174. The largest absolute Gasteiger partial charge is 0.368 e. The molecule has 0 unspecified atom stereocenters. The van der Waals surface area contributed by atoms with Crippen LogP contribution in [0.3, 0.4) is 0 Å². The van der Waals surface area contributed by atoms with Crippen LogP contribution >= 0.6 is 0 Å². The van der Waals surface area contributed by atoms with Crippen LogP contribution in [0.5, 0.6) is 0 Å². The van der Waals surface area contributed by atoms with E-state index < -0.39 is 0 Å². The first kappa shape index (κ1) is 13.8. The number of hydrogen-bond donors (Lipinski definition) is 1. The smallest absolute Gasteiger partial charge is 0.250 e. The zero-order valence-electron chi connectivity index (χ0n) is 12.1. The van der Waals surface area contributed by atoms with Crippen molar-refractivity contribution in [3.63, 3.8) is 0 Å². The fourth-order valence-corrected chi connectivity index (χ4v) is 2.57. The molecule has 3 rings (SSSR count). The maximum absolute atomic E-state index is 11.6. The summed E-state index contributed by atoms with van der Waals surface area (Å²) in [5.74, 6) is 0.885. The summed E-state index contributed by atoms with van der Waals surface area (Å²) in [6.45, 7) is 3.18. The summed E-state index contributed by atoms with van der Waals surface area (Å²) in [5.41, 5.74) is 2.32. The van der Waals surface area contributed by atoms with E-state index in [1.54, 1.807) is 29.2 Å². The number of likely N-dealkylation sites (N-methyl/N-ethyl adjacent to an activating group) is 1. The van der Waals surface area contributed by atoms with Gasteiger partial charge in [0.1, 0.15) is 12.1 Å². The minimum Gasteiger partial charge on any atom is -0.368 e. The number of nitrogens with one attached hydrogen (secondary N) is 1. The third-order valence-electron chi connectivity index (χ3n) is 3.74. The first-order valence-electron chi connectivity index (χ1n) is 7.14. The molecule has 2 aromatic rings. The van der Waals surface area contributed by atoms with Crippen molar-refractivity contribution in [2.45, 2.75) is 19.5 Å². The van der Waals surface area contributed by atoms with Crippen molar-refractivity contribution in [2.75, 3.05) is 25.5 Å². The van der Waals surface area contributed by atoms with E-state index in [2.05, 4.69) is 27.2 Å². The van der Waals surface area contributed by atoms with E-state index in [9.17, 15) is 4.79 Å². The Morgan fingerprint density at radius 3 is 3.10 bits per heavy atom. The molecule has 0 bridgehead atoms. The van der Waals surface area contributed by atoms with Gasteiger partial charge in [0.05, 0.1) is 5.69 Å². The van der Waals surface area contributed by atoms with Crippen LogP contribution in [0.15, 0.2) is 35.5 Å². The number of anilines is 1. The van der Waals surface area contributed by atoms with Crippen molar-refractivity contribution in [2.24, 2.45) is 0 Å². The van der Waals surface area contributed by atoms with E-state index in [4.69, 9.17) is 0 Å². The monoisotopic (exact) mass is 285 g/mol. The second-order valence-corrected chi connectivity index (χ2v) is 5.29. The molecule has 0 radical (unpaired) electrons. The summed E-state index contributed by atoms with van der Waals surface area (Å²) in [6, 6.07) is 5.19. The van der Waals surface area contributed by atoms with Crippen LogP contribution < -0.4 is 10.9 Å². The highest BCUT2D eigenvalue weighted by Crippen LogP contribution is 2.21. The summed E-state index contributed by atoms with van der Waals surface area (Å²) in [4.78, 5) is 22.6. The molecule has 6 nitrogen and oxygen atoms in total. The Labute approximate surface area is 123 Å². The van der Waals surface area contributed by atoms with Gasteiger partial charge in [-0.3, -0.25) is 4.79 Å². The number of pyridine rings is 1. The molecule has 1 N–H and O–H groups in total. The second kappa shape index (κ2) is 6.05. The lowest BCUT2D eigenvalue weighted by Gasteiger charge is -2.25. The second-order valence-electron chi connectivity index (χ2n) is 5.29. The van der Waals surface area contributed by atoms with Crippen LogP contribution in [0, 0.1) is 0 Å². The summed E-state index contributed by atoms with van der Waals surface area (Å²) in [6.07, 6.45) is 4.37. The molecule has 0 spiro atoms. The van der Waals surface area contributed by atoms with Crippen molar-refractivity contribution in [3.05, 3.63) is 52.3 Å². The van der Waals surface area contributed by atoms with Crippen LogP contribution in [0.25, 0.3) is 0 Å². The predicted molar refractivity (Wildman–Crippen MR) is 81.3 cm³/mol. The number of fused-ring (bicyclic) bond motifs is 1. The van der Waals surface area contributed by atoms with Crippen LogP contribution in [0.4, 0.5) is 5.82 Å². The normalized spacial score (nSPS) is 14.7. The molecule has 2 aromatic heterocycles. The highest BCUT2D eigenvalue weighted by molar-refractivity contribution is 5.46. The molecular formula is C15H19N5O. The van der Waals surface area contributed by atoms with Gasteiger partial charge in [0.15, 0.2) is 0 Å². The van der Waals surface area contributed by atoms with Crippen molar-refractivity contribution in [3.8, 4) is 0 Å². The molecule has 0 aliphatic carbocycles. The average Bonchev–Trinajstić information content (AvgIpc) is 2.49. The Balaban J connectivity index is 1.69. The standard InChI is InChI=1S/C15H19N5O/c1-19-8-5-13-12(10-19)15(18-11-17-13)16-6-9-20-7-3-2-4-14(20)21/h2-4,7,11H,5-6,8-10H2,1H3,(H,16,17,18). The first-order valence-corrected chi connectivity index (χ1v) is 7.14. The topological polar surface area (TPSA) is 63.1 Å². The van der Waals surface area contributed by atoms with Gasteiger partial charge < -0.3 is 14.8 Å². The fourth-order valence-electron chi connectivity index (χ4n) is 2.57. The van der Waals surface area contributed by atoms with Crippen molar-refractivity contribution >= 4 is 5.82 Å². The van der Waals surface area contributed by atoms with Crippen LogP contribution in [0.2, 0.25) is 0 Å². The van der Waals surface area contributed by atoms with Crippen molar-refractivity contribution < 1.29 is 0 Å². The van der Waals surface area contributed by atoms with Gasteiger partial charge in [0, 0.05) is 50.4 Å². The quantitative estimate of drug-likeness (QED) is 0.897. The molecule has 110 valence electrons. The Kier molecular flexibility index (Phi) is 3.96. The van der Waals surface area contributed by atoms with E-state index >= 15 is 0 Å². The molecule has 21 heavy (non-hydrogen) atoms. The van der Waals surface area contributed by atoms with E-state index in [1.807, 2.05) is 6.07 Å². The molecule has 0 aromatic carbocycles. The maximum Gasteiger partial charge on any atom is 0.250 e. The van der Waals surface area contributed by atoms with Gasteiger partial charge in [-0.15, -0.1) is 0 Å². The van der Waals surface area contributed by atoms with Crippen LogP contribution in [-0.2, 0) is 19.5 Å². The zero-order valence-corrected chi connectivity index (χ0v) is 12.1. The third-order valence-corrected chi connectivity index (χ3v) is 3.74. The molecule has 0 saturated heterocycles. The summed E-state index contributed by atoms with van der Waals surface area (Å²) in [5, 5.41) is 3.33. The van der Waals surface area contributed by atoms with E-state index in [1.165, 1.54) is 5.56 Å². The van der Waals surface area contributed by atoms with Gasteiger partial charge in [0.25, 0.3) is 5.56 Å². The first-order chi connectivity index (χ1) is 10.2. The molecule has 0 amide bonds. The minimum absolute atomic E-state index is 0.0174. The third kappa shape index (κ3) is 3.11. The van der Waals surface area contributed by atoms with Gasteiger partial charge in [-0.2, -0.15) is 0 Å². The highest BCUT2D eigenvalue weighted by atomic mass is 16.1. The van der Waals surface area contributed by atoms with Crippen LogP contribution in [0.1, 0.15) is 11.3 Å². The van der Waals surface area contributed by atoms with Gasteiger partial charge in [-0.25, -0.2) is 9.97 Å². The summed E-state index contributed by atoms with van der Waals surface area (Å²) < 4.78 is 1.69. The highest BCUT2D eigenvalue weighted by Gasteiger charge is 2.18. The molecule has 1 aliphatic rings. The summed E-state index contributed by atoms with van der Waals surface area (Å²) in [7, 11) is 2.10. The number of nitrogens with zero attached hydrogens (tertiary/aromatic N) is 4. The molecule has 0 atom stereocenters. The lowest BCUT2D eigenvalue weighted by molar-refractivity contribution is 0.310. The van der Waals surface area contributed by atoms with Gasteiger partial charge >= 0.3 is 0 Å². The van der Waals surface area contributed by atoms with Gasteiger partial charge in [0.2, 0.25) is 0 Å². The average molecular weight is 285 g/mol. The predicted octanol–water partition coefficient (Wildman–Crippen LogP) is 0.738. The Hall–Kier alpha value is -2.21. The number of aromatic nitrogens is 3. The van der Waals surface area contributed by atoms with E-state index in [-0.39, 0.29) is 5.56 Å². The van der Waals surface area contributed by atoms with E-state index in [0.29, 0.717) is 13.1 Å². The maximum atomic E-state index is 11.6. The van der Waals surface area contributed by atoms with Crippen molar-refractivity contribution in [1.82, 2.24) is 19.4 Å². The SMILES string of the molecule is CN1CCc2ncnc(NCCn3ccccc3=O)c2C1. The molecule has 6 heteroatoms. The number of rotatable bonds is 4. The van der Waals surface area contributed by atoms with Crippen LogP contribution in [-0.4, -0.2) is 39.6 Å². The molecule has 3 heterocycles. The molecule has 1 aliphatic heterocycles. The Bertz CT molecular complexity index is 682. The van der Waals surface area contributed by atoms with Gasteiger partial charge in [-0.05, 0) is 13.1 Å². The molecule has 0 fully saturated rings. The molecular weight excluding hydrogens is 266 g/mol. The summed E-state index contributed by atoms with van der Waals surface area (Å²) >= 11 is 0.